The van der Waals surface area contributed by atoms with Crippen LogP contribution in [0.5, 0.6) is 0 Å². The van der Waals surface area contributed by atoms with Crippen molar-refractivity contribution in [2.24, 2.45) is 0 Å². The van der Waals surface area contributed by atoms with Gasteiger partial charge in [-0.25, -0.2) is 9.18 Å². The number of rotatable bonds is 5. The SMILES string of the molecule is Cc1ccc(NC(=O)N(C)CCc2noc(-c3ccccc3)n2)cc1F. The Morgan fingerprint density at radius 1 is 1.23 bits per heavy atom. The molecule has 0 aliphatic rings. The number of benzene rings is 2. The quantitative estimate of drug-likeness (QED) is 0.754. The van der Waals surface area contributed by atoms with Crippen LogP contribution in [0, 0.1) is 12.7 Å². The maximum absolute atomic E-state index is 13.6. The fraction of sp³-hybridized carbons (Fsp3) is 0.211. The van der Waals surface area contributed by atoms with E-state index in [0.717, 1.165) is 5.56 Å². The van der Waals surface area contributed by atoms with E-state index in [-0.39, 0.29) is 11.8 Å². The van der Waals surface area contributed by atoms with Crippen LogP contribution in [0.1, 0.15) is 11.4 Å². The zero-order valence-corrected chi connectivity index (χ0v) is 14.6. The molecule has 2 aromatic carbocycles. The number of amides is 2. The van der Waals surface area contributed by atoms with Gasteiger partial charge in [0.15, 0.2) is 5.82 Å². The van der Waals surface area contributed by atoms with E-state index in [1.54, 1.807) is 26.1 Å². The Labute approximate surface area is 150 Å². The van der Waals surface area contributed by atoms with E-state index in [2.05, 4.69) is 15.5 Å². The maximum Gasteiger partial charge on any atom is 0.321 e. The Bertz CT molecular complexity index is 896. The van der Waals surface area contributed by atoms with Crippen molar-refractivity contribution in [2.75, 3.05) is 18.9 Å². The molecule has 1 heterocycles. The number of anilines is 1. The number of likely N-dealkylation sites (N-methyl/N-ethyl adjacent to an activating group) is 1. The number of nitrogens with one attached hydrogen (secondary N) is 1. The zero-order chi connectivity index (χ0) is 18.5. The molecule has 26 heavy (non-hydrogen) atoms. The number of halogens is 1. The van der Waals surface area contributed by atoms with Crippen LogP contribution in [-0.2, 0) is 6.42 Å². The standard InChI is InChI=1S/C19H19FN4O2/c1-13-8-9-15(12-16(13)20)21-19(25)24(2)11-10-17-22-18(26-23-17)14-6-4-3-5-7-14/h3-9,12H,10-11H2,1-2H3,(H,21,25). The van der Waals surface area contributed by atoms with Crippen molar-refractivity contribution >= 4 is 11.7 Å². The highest BCUT2D eigenvalue weighted by Crippen LogP contribution is 2.16. The molecule has 0 atom stereocenters. The summed E-state index contributed by atoms with van der Waals surface area (Å²) in [6, 6.07) is 13.7. The molecule has 1 N–H and O–H groups in total. The molecule has 1 aromatic heterocycles. The normalized spacial score (nSPS) is 10.6. The smallest absolute Gasteiger partial charge is 0.321 e. The lowest BCUT2D eigenvalue weighted by molar-refractivity contribution is 0.222. The van der Waals surface area contributed by atoms with Gasteiger partial charge in [-0.1, -0.05) is 29.4 Å². The highest BCUT2D eigenvalue weighted by atomic mass is 19.1. The Balaban J connectivity index is 1.55. The van der Waals surface area contributed by atoms with Crippen LogP contribution in [0.15, 0.2) is 53.1 Å². The number of hydrogen-bond acceptors (Lipinski definition) is 4. The van der Waals surface area contributed by atoms with Gasteiger partial charge in [0, 0.05) is 31.3 Å². The summed E-state index contributed by atoms with van der Waals surface area (Å²) < 4.78 is 18.8. The lowest BCUT2D eigenvalue weighted by atomic mass is 10.2. The molecule has 0 saturated carbocycles. The lowest BCUT2D eigenvalue weighted by Gasteiger charge is -2.17. The van der Waals surface area contributed by atoms with E-state index in [4.69, 9.17) is 4.52 Å². The Kier molecular flexibility index (Phi) is 5.26. The van der Waals surface area contributed by atoms with Crippen LogP contribution in [0.2, 0.25) is 0 Å². The molecule has 6 nitrogen and oxygen atoms in total. The van der Waals surface area contributed by atoms with E-state index < -0.39 is 0 Å². The first-order valence-corrected chi connectivity index (χ1v) is 8.19. The van der Waals surface area contributed by atoms with Gasteiger partial charge in [-0.3, -0.25) is 0 Å². The second-order valence-corrected chi connectivity index (χ2v) is 5.95. The molecular weight excluding hydrogens is 335 g/mol. The molecule has 0 unspecified atom stereocenters. The van der Waals surface area contributed by atoms with Crippen molar-refractivity contribution in [2.45, 2.75) is 13.3 Å². The first-order valence-electron chi connectivity index (χ1n) is 8.19. The molecule has 0 saturated heterocycles. The van der Waals surface area contributed by atoms with Crippen LogP contribution < -0.4 is 5.32 Å². The summed E-state index contributed by atoms with van der Waals surface area (Å²) >= 11 is 0. The molecule has 3 rings (SSSR count). The van der Waals surface area contributed by atoms with Gasteiger partial charge >= 0.3 is 6.03 Å². The van der Waals surface area contributed by atoms with Gasteiger partial charge in [0.05, 0.1) is 0 Å². The van der Waals surface area contributed by atoms with Crippen LogP contribution in [0.4, 0.5) is 14.9 Å². The Morgan fingerprint density at radius 3 is 2.73 bits per heavy atom. The predicted molar refractivity (Wildman–Crippen MR) is 96.2 cm³/mol. The summed E-state index contributed by atoms with van der Waals surface area (Å²) in [5.74, 6) is 0.610. The summed E-state index contributed by atoms with van der Waals surface area (Å²) in [7, 11) is 1.65. The zero-order valence-electron chi connectivity index (χ0n) is 14.6. The molecule has 0 aliphatic carbocycles. The molecule has 2 amide bonds. The number of urea groups is 1. The Morgan fingerprint density at radius 2 is 2.00 bits per heavy atom. The predicted octanol–water partition coefficient (Wildman–Crippen LogP) is 3.89. The molecule has 7 heteroatoms. The van der Waals surface area contributed by atoms with E-state index in [1.807, 2.05) is 30.3 Å². The van der Waals surface area contributed by atoms with E-state index in [1.165, 1.54) is 11.0 Å². The highest BCUT2D eigenvalue weighted by molar-refractivity contribution is 5.89. The van der Waals surface area contributed by atoms with Crippen molar-refractivity contribution in [1.82, 2.24) is 15.0 Å². The number of aromatic nitrogens is 2. The topological polar surface area (TPSA) is 71.3 Å². The molecule has 134 valence electrons. The van der Waals surface area contributed by atoms with Crippen molar-refractivity contribution < 1.29 is 13.7 Å². The maximum atomic E-state index is 13.6. The third-order valence-corrected chi connectivity index (χ3v) is 3.93. The second kappa shape index (κ2) is 7.77. The van der Waals surface area contributed by atoms with Crippen molar-refractivity contribution in [3.63, 3.8) is 0 Å². The summed E-state index contributed by atoms with van der Waals surface area (Å²) in [6.07, 6.45) is 0.447. The van der Waals surface area contributed by atoms with Gasteiger partial charge in [0.2, 0.25) is 0 Å². The average molecular weight is 354 g/mol. The highest BCUT2D eigenvalue weighted by Gasteiger charge is 2.13. The minimum atomic E-state index is -0.356. The fourth-order valence-electron chi connectivity index (χ4n) is 2.31. The number of aryl methyl sites for hydroxylation is 1. The summed E-state index contributed by atoms with van der Waals surface area (Å²) in [5, 5.41) is 6.59. The number of hydrogen-bond donors (Lipinski definition) is 1. The first-order chi connectivity index (χ1) is 12.5. The molecule has 0 aliphatic heterocycles. The third kappa shape index (κ3) is 4.24. The second-order valence-electron chi connectivity index (χ2n) is 5.95. The number of nitrogens with zero attached hydrogens (tertiary/aromatic N) is 3. The largest absolute Gasteiger partial charge is 0.334 e. The molecular formula is C19H19FN4O2. The van der Waals surface area contributed by atoms with Crippen molar-refractivity contribution in [3.8, 4) is 11.5 Å². The van der Waals surface area contributed by atoms with Gasteiger partial charge in [0.1, 0.15) is 5.82 Å². The van der Waals surface area contributed by atoms with Gasteiger partial charge in [0.25, 0.3) is 5.89 Å². The van der Waals surface area contributed by atoms with Crippen LogP contribution in [0.3, 0.4) is 0 Å². The van der Waals surface area contributed by atoms with Crippen LogP contribution >= 0.6 is 0 Å². The van der Waals surface area contributed by atoms with Crippen LogP contribution in [-0.4, -0.2) is 34.7 Å². The Hall–Kier alpha value is -3.22. The minimum absolute atomic E-state index is 0.333. The fourth-order valence-corrected chi connectivity index (χ4v) is 2.31. The average Bonchev–Trinajstić information content (AvgIpc) is 3.12. The van der Waals surface area contributed by atoms with Gasteiger partial charge < -0.3 is 14.7 Å². The van der Waals surface area contributed by atoms with E-state index in [9.17, 15) is 9.18 Å². The summed E-state index contributed by atoms with van der Waals surface area (Å²) in [5.41, 5.74) is 1.79. The molecule has 0 radical (unpaired) electrons. The molecule has 0 bridgehead atoms. The monoisotopic (exact) mass is 354 g/mol. The van der Waals surface area contributed by atoms with Crippen molar-refractivity contribution in [1.29, 1.82) is 0 Å². The minimum Gasteiger partial charge on any atom is -0.334 e. The van der Waals surface area contributed by atoms with Gasteiger partial charge in [-0.2, -0.15) is 4.98 Å². The molecule has 3 aromatic rings. The van der Waals surface area contributed by atoms with E-state index in [0.29, 0.717) is 35.9 Å². The number of carbonyl (C=O) groups is 1. The van der Waals surface area contributed by atoms with Crippen LogP contribution in [0.25, 0.3) is 11.5 Å². The summed E-state index contributed by atoms with van der Waals surface area (Å²) in [6.45, 7) is 2.07. The van der Waals surface area contributed by atoms with E-state index >= 15 is 0 Å². The number of carbonyl (C=O) groups excluding carboxylic acids is 1. The summed E-state index contributed by atoms with van der Waals surface area (Å²) in [4.78, 5) is 18.0. The van der Waals surface area contributed by atoms with Crippen molar-refractivity contribution in [3.05, 3.63) is 65.7 Å². The first kappa shape index (κ1) is 17.6. The van der Waals surface area contributed by atoms with Gasteiger partial charge in [-0.15, -0.1) is 0 Å². The molecule has 0 spiro atoms. The molecule has 0 fully saturated rings. The van der Waals surface area contributed by atoms with Gasteiger partial charge in [-0.05, 0) is 36.8 Å². The third-order valence-electron chi connectivity index (χ3n) is 3.93. The lowest BCUT2D eigenvalue weighted by Crippen LogP contribution is -2.33.